The molecule has 4 rings (SSSR count). The van der Waals surface area contributed by atoms with Gasteiger partial charge in [0, 0.05) is 52.3 Å². The first-order chi connectivity index (χ1) is 21.3. The largest absolute Gasteiger partial charge is 0.408 e. The number of nitrogens with one attached hydrogen (secondary N) is 1. The average molecular weight is 640 g/mol. The number of rotatable bonds is 7. The zero-order valence-electron chi connectivity index (χ0n) is 24.8. The van der Waals surface area contributed by atoms with Crippen LogP contribution in [0.15, 0.2) is 73.3 Å². The van der Waals surface area contributed by atoms with E-state index in [0.29, 0.717) is 17.1 Å². The van der Waals surface area contributed by atoms with E-state index in [-0.39, 0.29) is 29.9 Å². The number of hydrogen-bond acceptors (Lipinski definition) is 5. The van der Waals surface area contributed by atoms with Crippen LogP contribution >= 0.6 is 11.6 Å². The highest BCUT2D eigenvalue weighted by molar-refractivity contribution is 6.33. The quantitative estimate of drug-likeness (QED) is 0.159. The van der Waals surface area contributed by atoms with Gasteiger partial charge in [-0.2, -0.15) is 23.7 Å². The van der Waals surface area contributed by atoms with Gasteiger partial charge in [-0.05, 0) is 56.8 Å². The number of nitrogens with zero attached hydrogens (tertiary/aromatic N) is 4. The summed E-state index contributed by atoms with van der Waals surface area (Å²) in [7, 11) is 0. The Labute approximate surface area is 264 Å². The van der Waals surface area contributed by atoms with Crippen LogP contribution in [0.25, 0.3) is 22.9 Å². The second kappa shape index (κ2) is 16.2. The van der Waals surface area contributed by atoms with Crippen LogP contribution in [0.5, 0.6) is 0 Å². The fraction of sp³-hybridized carbons (Fsp3) is 0.206. The van der Waals surface area contributed by atoms with Crippen molar-refractivity contribution in [3.8, 4) is 23.3 Å². The monoisotopic (exact) mass is 639 g/mol. The molecule has 0 amide bonds. The summed E-state index contributed by atoms with van der Waals surface area (Å²) >= 11 is 6.27. The molecule has 1 atom stereocenters. The second-order valence-electron chi connectivity index (χ2n) is 9.53. The molecule has 11 heteroatoms. The summed E-state index contributed by atoms with van der Waals surface area (Å²) < 4.78 is 66.0. The molecule has 0 aliphatic carbocycles. The maximum atomic E-state index is 14.0. The van der Waals surface area contributed by atoms with Gasteiger partial charge in [0.05, 0.1) is 29.0 Å². The van der Waals surface area contributed by atoms with Crippen LogP contribution in [0.3, 0.4) is 0 Å². The van der Waals surface area contributed by atoms with E-state index in [9.17, 15) is 22.0 Å². The number of allylic oxidation sites excluding steroid dienone is 1. The predicted octanol–water partition coefficient (Wildman–Crippen LogP) is 9.54. The van der Waals surface area contributed by atoms with E-state index >= 15 is 0 Å². The Bertz CT molecular complexity index is 1640. The van der Waals surface area contributed by atoms with Crippen LogP contribution in [0, 0.1) is 41.2 Å². The minimum atomic E-state index is -4.41. The maximum absolute atomic E-state index is 14.0. The molecule has 0 saturated carbocycles. The number of alkyl halides is 3. The third-order valence-corrected chi connectivity index (χ3v) is 7.04. The molecule has 0 aromatic heterocycles. The molecule has 0 spiro atoms. The molecular weight excluding hydrogens is 609 g/mol. The van der Waals surface area contributed by atoms with Gasteiger partial charge in [0.25, 0.3) is 0 Å². The molecule has 3 aromatic carbocycles. The minimum Gasteiger partial charge on any atom is -0.385 e. The van der Waals surface area contributed by atoms with Crippen molar-refractivity contribution in [2.45, 2.75) is 32.5 Å². The molecule has 0 radical (unpaired) electrons. The summed E-state index contributed by atoms with van der Waals surface area (Å²) in [5, 5.41) is 19.6. The van der Waals surface area contributed by atoms with E-state index in [1.165, 1.54) is 6.08 Å². The van der Waals surface area contributed by atoms with Crippen LogP contribution in [0.1, 0.15) is 35.6 Å². The van der Waals surface area contributed by atoms with Crippen molar-refractivity contribution in [3.63, 3.8) is 0 Å². The van der Waals surface area contributed by atoms with Gasteiger partial charge in [0.1, 0.15) is 17.7 Å². The van der Waals surface area contributed by atoms with Gasteiger partial charge in [-0.15, -0.1) is 0 Å². The molecule has 3 aromatic rings. The fourth-order valence-electron chi connectivity index (χ4n) is 4.51. The normalized spacial score (nSPS) is 13.3. The van der Waals surface area contributed by atoms with Crippen LogP contribution in [0.4, 0.5) is 33.3 Å². The summed E-state index contributed by atoms with van der Waals surface area (Å²) in [5.41, 5.74) is 4.64. The number of halogens is 6. The third-order valence-electron chi connectivity index (χ3n) is 6.72. The molecule has 1 heterocycles. The molecule has 1 aliphatic rings. The Morgan fingerprint density at radius 2 is 1.71 bits per heavy atom. The highest BCUT2D eigenvalue weighted by atomic mass is 35.5. The van der Waals surface area contributed by atoms with E-state index in [0.717, 1.165) is 45.0 Å². The van der Waals surface area contributed by atoms with Gasteiger partial charge < -0.3 is 10.2 Å². The average Bonchev–Trinajstić information content (AvgIpc) is 2.95. The van der Waals surface area contributed by atoms with Crippen molar-refractivity contribution in [1.82, 2.24) is 5.32 Å². The Kier molecular flexibility index (Phi) is 13.1. The third kappa shape index (κ3) is 8.81. The molecule has 1 aliphatic heterocycles. The molecule has 1 unspecified atom stereocenters. The smallest absolute Gasteiger partial charge is 0.385 e. The van der Waals surface area contributed by atoms with Crippen molar-refractivity contribution < 1.29 is 22.0 Å². The van der Waals surface area contributed by atoms with Gasteiger partial charge in [-0.25, -0.2) is 8.78 Å². The topological polar surface area (TPSA) is 75.2 Å². The van der Waals surface area contributed by atoms with E-state index in [1.54, 1.807) is 31.2 Å². The van der Waals surface area contributed by atoms with Crippen LogP contribution in [-0.2, 0) is 0 Å². The Morgan fingerprint density at radius 3 is 2.13 bits per heavy atom. The summed E-state index contributed by atoms with van der Waals surface area (Å²) in [5.74, 6) is -1.85. The van der Waals surface area contributed by atoms with Crippen molar-refractivity contribution >= 4 is 41.5 Å². The predicted molar refractivity (Wildman–Crippen MR) is 172 cm³/mol. The van der Waals surface area contributed by atoms with E-state index in [4.69, 9.17) is 22.1 Å². The van der Waals surface area contributed by atoms with E-state index in [2.05, 4.69) is 42.8 Å². The number of aliphatic imine (C=N–C) groups is 1. The van der Waals surface area contributed by atoms with Crippen molar-refractivity contribution in [1.29, 1.82) is 10.5 Å². The number of nitriles is 2. The first-order valence-electron chi connectivity index (χ1n) is 13.5. The summed E-state index contributed by atoms with van der Waals surface area (Å²) in [6.45, 7) is 18.4. The number of aryl methyl sites for hydroxylation is 1. The fourth-order valence-corrected chi connectivity index (χ4v) is 4.79. The van der Waals surface area contributed by atoms with Gasteiger partial charge in [-0.3, -0.25) is 4.99 Å². The number of benzene rings is 3. The number of hydrogen-bond donors (Lipinski definition) is 1. The second-order valence-corrected chi connectivity index (χ2v) is 9.93. The SMILES string of the molecule is C=C(NCC)c1c(F)cc(N2CCC2C(F)(F)F)cc1F.C=CC#N.C=Cc1c(C)ccc(-c2ccc(C#N)cc2Cl)c1N=C. The van der Waals surface area contributed by atoms with E-state index in [1.807, 2.05) is 25.1 Å². The zero-order valence-corrected chi connectivity index (χ0v) is 25.5. The Morgan fingerprint density at radius 1 is 1.11 bits per heavy atom. The summed E-state index contributed by atoms with van der Waals surface area (Å²) in [6.07, 6.45) is -1.53. The van der Waals surface area contributed by atoms with E-state index < -0.39 is 23.9 Å². The molecule has 1 N–H and O–H groups in total. The molecule has 5 nitrogen and oxygen atoms in total. The first kappa shape index (κ1) is 36.3. The van der Waals surface area contributed by atoms with Crippen LogP contribution < -0.4 is 10.2 Å². The molecule has 1 saturated heterocycles. The van der Waals surface area contributed by atoms with Gasteiger partial charge in [0.2, 0.25) is 0 Å². The molecule has 234 valence electrons. The lowest BCUT2D eigenvalue weighted by Gasteiger charge is -2.43. The molecule has 0 bridgehead atoms. The minimum absolute atomic E-state index is 0.0648. The first-order valence-corrected chi connectivity index (χ1v) is 13.9. The highest BCUT2D eigenvalue weighted by Gasteiger charge is 2.49. The Hall–Kier alpha value is -4.93. The Balaban J connectivity index is 0.000000281. The molecule has 45 heavy (non-hydrogen) atoms. The van der Waals surface area contributed by atoms with Gasteiger partial charge >= 0.3 is 6.18 Å². The van der Waals surface area contributed by atoms with Crippen LogP contribution in [-0.4, -0.2) is 32.0 Å². The molecular formula is C34H31ClF5N5. The summed E-state index contributed by atoms with van der Waals surface area (Å²) in [6, 6.07) is 13.1. The lowest BCUT2D eigenvalue weighted by atomic mass is 9.96. The lowest BCUT2D eigenvalue weighted by molar-refractivity contribution is -0.159. The summed E-state index contributed by atoms with van der Waals surface area (Å²) in [4.78, 5) is 5.07. The highest BCUT2D eigenvalue weighted by Crippen LogP contribution is 2.40. The van der Waals surface area contributed by atoms with Crippen molar-refractivity contribution in [2.75, 3.05) is 18.0 Å². The van der Waals surface area contributed by atoms with Gasteiger partial charge in [0.15, 0.2) is 0 Å². The standard InChI is InChI=1S/C17H13ClN2.C14H15F5N2.C3H3N/c1-4-13-11(2)5-7-15(17(13)20-3)14-8-6-12(10-19)9-16(14)18;1-3-20-8(2)13-10(15)6-9(7-11(13)16)21-5-4-12(21)14(17,18)19;1-2-3-4/h4-9H,1,3H2,2H3;6-7,12,20H,2-5H2,1H3;2H,1H2. The van der Waals surface area contributed by atoms with Crippen LogP contribution in [0.2, 0.25) is 5.02 Å². The van der Waals surface area contributed by atoms with Crippen molar-refractivity contribution in [3.05, 3.63) is 107 Å². The molecule has 1 fully saturated rings. The maximum Gasteiger partial charge on any atom is 0.408 e. The zero-order chi connectivity index (χ0) is 33.9. The van der Waals surface area contributed by atoms with Crippen molar-refractivity contribution in [2.24, 2.45) is 4.99 Å². The van der Waals surface area contributed by atoms with Gasteiger partial charge in [-0.1, -0.05) is 55.6 Å². The number of anilines is 1. The lowest BCUT2D eigenvalue weighted by Crippen LogP contribution is -2.56.